The second kappa shape index (κ2) is 7.82. The van der Waals surface area contributed by atoms with Crippen LogP contribution in [-0.2, 0) is 9.36 Å². The van der Waals surface area contributed by atoms with E-state index >= 15 is 0 Å². The molecule has 0 spiro atoms. The van der Waals surface area contributed by atoms with Gasteiger partial charge in [0.25, 0.3) is 0 Å². The van der Waals surface area contributed by atoms with Gasteiger partial charge in [-0.1, -0.05) is 0 Å². The average molecular weight is 262 g/mol. The largest absolute Gasteiger partial charge is 0.466 e. The highest BCUT2D eigenvalue weighted by molar-refractivity contribution is 7.45. The first-order chi connectivity index (χ1) is 7.00. The first kappa shape index (κ1) is 18.0. The third-order valence-corrected chi connectivity index (χ3v) is 1.30. The van der Waals surface area contributed by atoms with Crippen molar-refractivity contribution in [1.29, 1.82) is 0 Å². The maximum absolute atomic E-state index is 10.5. The first-order valence-corrected chi connectivity index (χ1v) is 5.53. The lowest BCUT2D eigenvalue weighted by atomic mass is 10.1. The van der Waals surface area contributed by atoms with Gasteiger partial charge in [0.1, 0.15) is 18.8 Å². The Morgan fingerprint density at radius 3 is 1.69 bits per heavy atom. The molecule has 9 nitrogen and oxygen atoms in total. The van der Waals surface area contributed by atoms with Crippen LogP contribution in [0, 0.1) is 0 Å². The van der Waals surface area contributed by atoms with Crippen LogP contribution in [-0.4, -0.2) is 65.8 Å². The van der Waals surface area contributed by atoms with Crippen molar-refractivity contribution in [3.8, 4) is 0 Å². The number of aliphatic hydroxyl groups is 4. The second-order valence-electron chi connectivity index (χ2n) is 2.81. The highest BCUT2D eigenvalue weighted by Gasteiger charge is 2.26. The molecule has 0 amide bonds. The summed E-state index contributed by atoms with van der Waals surface area (Å²) in [6.45, 7) is 0.392. The van der Waals surface area contributed by atoms with Crippen molar-refractivity contribution in [3.63, 3.8) is 0 Å². The summed E-state index contributed by atoms with van der Waals surface area (Å²) in [6, 6.07) is 0. The van der Waals surface area contributed by atoms with Crippen LogP contribution in [0.25, 0.3) is 0 Å². The zero-order chi connectivity index (χ0) is 13.5. The number of hydrogen-bond acceptors (Lipinski definition) is 6. The van der Waals surface area contributed by atoms with Crippen molar-refractivity contribution in [2.24, 2.45) is 0 Å². The topological polar surface area (TPSA) is 176 Å². The van der Waals surface area contributed by atoms with Crippen LogP contribution in [0.2, 0.25) is 0 Å². The summed E-state index contributed by atoms with van der Waals surface area (Å²) in [5.41, 5.74) is 0. The van der Waals surface area contributed by atoms with E-state index in [0.717, 1.165) is 0 Å². The van der Waals surface area contributed by atoms with E-state index in [0.29, 0.717) is 0 Å². The van der Waals surface area contributed by atoms with Crippen molar-refractivity contribution in [1.82, 2.24) is 0 Å². The summed E-state index contributed by atoms with van der Waals surface area (Å²) in [6.07, 6.45) is -4.44. The molecular formula is C6H15O9P. The molecule has 0 aliphatic rings. The molecule has 0 aliphatic carbocycles. The Labute approximate surface area is 90.8 Å². The van der Waals surface area contributed by atoms with Gasteiger partial charge in [-0.3, -0.25) is 4.79 Å². The predicted octanol–water partition coefficient (Wildman–Crippen LogP) is -3.28. The highest BCUT2D eigenvalue weighted by atomic mass is 31.2. The smallest absolute Gasteiger partial charge is 0.391 e. The molecule has 0 fully saturated rings. The van der Waals surface area contributed by atoms with Crippen molar-refractivity contribution in [2.45, 2.75) is 25.2 Å². The molecule has 10 heteroatoms. The Hall–Kier alpha value is -0.380. The minimum absolute atomic E-state index is 0.842. The number of aliphatic hydroxyl groups excluding tert-OH is 4. The maximum atomic E-state index is 10.5. The molecule has 98 valence electrons. The zero-order valence-electron chi connectivity index (χ0n) is 8.33. The van der Waals surface area contributed by atoms with Gasteiger partial charge in [-0.25, -0.2) is 4.57 Å². The lowest BCUT2D eigenvalue weighted by molar-refractivity contribution is -0.140. The van der Waals surface area contributed by atoms with Crippen LogP contribution >= 0.6 is 7.82 Å². The van der Waals surface area contributed by atoms with Crippen LogP contribution < -0.4 is 0 Å². The fourth-order valence-electron chi connectivity index (χ4n) is 0.548. The van der Waals surface area contributed by atoms with Crippen molar-refractivity contribution in [2.75, 3.05) is 6.61 Å². The lowest BCUT2D eigenvalue weighted by Crippen LogP contribution is -2.42. The summed E-state index contributed by atoms with van der Waals surface area (Å²) in [4.78, 5) is 32.0. The van der Waals surface area contributed by atoms with E-state index < -0.39 is 38.5 Å². The molecule has 7 N–H and O–H groups in total. The molecule has 0 radical (unpaired) electrons. The van der Waals surface area contributed by atoms with Crippen LogP contribution in [0.3, 0.4) is 0 Å². The van der Waals surface area contributed by atoms with Gasteiger partial charge in [0.15, 0.2) is 5.78 Å². The maximum Gasteiger partial charge on any atom is 0.466 e. The molecule has 0 rings (SSSR count). The summed E-state index contributed by atoms with van der Waals surface area (Å²) >= 11 is 0. The van der Waals surface area contributed by atoms with E-state index in [1.54, 1.807) is 0 Å². The minimum Gasteiger partial charge on any atom is -0.391 e. The molecule has 0 unspecified atom stereocenters. The molecule has 16 heavy (non-hydrogen) atoms. The van der Waals surface area contributed by atoms with E-state index in [1.165, 1.54) is 6.92 Å². The molecule has 0 heterocycles. The Kier molecular flexibility index (Phi) is 8.80. The fourth-order valence-corrected chi connectivity index (χ4v) is 0.548. The molecule has 0 saturated heterocycles. The van der Waals surface area contributed by atoms with Gasteiger partial charge in [-0.05, 0) is 6.92 Å². The van der Waals surface area contributed by atoms with Crippen molar-refractivity contribution in [3.05, 3.63) is 0 Å². The van der Waals surface area contributed by atoms with Gasteiger partial charge in [0, 0.05) is 0 Å². The Morgan fingerprint density at radius 2 is 1.50 bits per heavy atom. The molecule has 0 saturated carbocycles. The summed E-state index contributed by atoms with van der Waals surface area (Å²) < 4.78 is 8.88. The van der Waals surface area contributed by atoms with Gasteiger partial charge >= 0.3 is 7.82 Å². The molecular weight excluding hydrogens is 247 g/mol. The summed E-state index contributed by atoms with van der Waals surface area (Å²) in [7, 11) is -4.64. The average Bonchev–Trinajstić information content (AvgIpc) is 2.11. The summed E-state index contributed by atoms with van der Waals surface area (Å²) in [5.74, 6) is -0.904. The lowest BCUT2D eigenvalue weighted by Gasteiger charge is -2.17. The predicted molar refractivity (Wildman–Crippen MR) is 50.1 cm³/mol. The Morgan fingerprint density at radius 1 is 1.19 bits per heavy atom. The van der Waals surface area contributed by atoms with Gasteiger partial charge in [-0.2, -0.15) is 0 Å². The minimum atomic E-state index is -4.64. The zero-order valence-corrected chi connectivity index (χ0v) is 9.23. The van der Waals surface area contributed by atoms with Crippen LogP contribution in [0.1, 0.15) is 6.92 Å². The van der Waals surface area contributed by atoms with Crippen molar-refractivity contribution >= 4 is 13.6 Å². The van der Waals surface area contributed by atoms with E-state index in [2.05, 4.69) is 0 Å². The van der Waals surface area contributed by atoms with E-state index in [4.69, 9.17) is 39.7 Å². The van der Waals surface area contributed by atoms with E-state index in [1.807, 2.05) is 0 Å². The fraction of sp³-hybridized carbons (Fsp3) is 0.833. The quantitative estimate of drug-likeness (QED) is 0.256. The third kappa shape index (κ3) is 11.7. The van der Waals surface area contributed by atoms with Gasteiger partial charge in [0.05, 0.1) is 6.10 Å². The van der Waals surface area contributed by atoms with Crippen LogP contribution in [0.4, 0.5) is 0 Å². The molecule has 3 atom stereocenters. The van der Waals surface area contributed by atoms with E-state index in [-0.39, 0.29) is 0 Å². The van der Waals surface area contributed by atoms with Crippen LogP contribution in [0.15, 0.2) is 0 Å². The molecule has 0 bridgehead atoms. The number of hydrogen-bond donors (Lipinski definition) is 7. The van der Waals surface area contributed by atoms with Crippen molar-refractivity contribution < 1.29 is 44.5 Å². The highest BCUT2D eigenvalue weighted by Crippen LogP contribution is 2.25. The number of Topliss-reactive ketones (excluding diaryl/α,β-unsaturated/α-hetero) is 1. The monoisotopic (exact) mass is 262 g/mol. The number of ketones is 1. The molecule has 0 aromatic rings. The molecule has 0 aliphatic heterocycles. The van der Waals surface area contributed by atoms with Gasteiger partial charge in [-0.15, -0.1) is 0 Å². The standard InChI is InChI=1S/C6H12O5.H3O4P/c1-3(8)5(10)6(11)4(9)2-7;1-5(2,3)4/h3,5-8,10-11H,2H2,1H3;(H3,1,2,3,4)/t3-,5-,6-;/m1./s1. The molecule has 0 aromatic carbocycles. The van der Waals surface area contributed by atoms with Gasteiger partial charge in [0.2, 0.25) is 0 Å². The second-order valence-corrected chi connectivity index (χ2v) is 3.84. The molecule has 0 aromatic heterocycles. The number of carbonyl (C=O) groups excluding carboxylic acids is 1. The van der Waals surface area contributed by atoms with Gasteiger partial charge < -0.3 is 35.1 Å². The first-order valence-electron chi connectivity index (χ1n) is 3.96. The van der Waals surface area contributed by atoms with E-state index in [9.17, 15) is 4.79 Å². The van der Waals surface area contributed by atoms with Crippen LogP contribution in [0.5, 0.6) is 0 Å². The number of rotatable bonds is 4. The Balaban J connectivity index is 0. The summed E-state index contributed by atoms with van der Waals surface area (Å²) in [5, 5.41) is 34.6. The third-order valence-electron chi connectivity index (χ3n) is 1.30. The SMILES string of the molecule is C[C@@H](O)[C@@H](O)[C@H](O)C(=O)CO.O=P(O)(O)O. The Bertz CT molecular complexity index is 238. The number of phosphoric acid groups is 1. The number of carbonyl (C=O) groups is 1. The normalized spacial score (nSPS) is 16.8.